The fraction of sp³-hybridized carbons (Fsp3) is 0. The Morgan fingerprint density at radius 3 is 2.47 bits per heavy atom. The van der Waals surface area contributed by atoms with E-state index in [0.717, 1.165) is 0 Å². The second-order valence-corrected chi connectivity index (χ2v) is 2.98. The summed E-state index contributed by atoms with van der Waals surface area (Å²) in [5, 5.41) is 8.80. The SMILES string of the molecule is O=C(O)c1occc1-c1ccc(F)cc1. The first-order chi connectivity index (χ1) is 7.18. The number of hydrogen-bond donors (Lipinski definition) is 1. The molecule has 1 heterocycles. The number of rotatable bonds is 2. The van der Waals surface area contributed by atoms with Crippen molar-refractivity contribution in [2.24, 2.45) is 0 Å². The van der Waals surface area contributed by atoms with Gasteiger partial charge in [0.05, 0.1) is 6.26 Å². The second-order valence-electron chi connectivity index (χ2n) is 2.98. The van der Waals surface area contributed by atoms with Crippen LogP contribution in [0.4, 0.5) is 4.39 Å². The molecule has 0 radical (unpaired) electrons. The Bertz CT molecular complexity index is 485. The van der Waals surface area contributed by atoms with Gasteiger partial charge in [0.15, 0.2) is 0 Å². The molecule has 0 amide bonds. The van der Waals surface area contributed by atoms with Crippen molar-refractivity contribution in [3.8, 4) is 11.1 Å². The Kier molecular flexibility index (Phi) is 2.25. The molecule has 1 aromatic heterocycles. The molecule has 1 N–H and O–H groups in total. The van der Waals surface area contributed by atoms with Gasteiger partial charge >= 0.3 is 5.97 Å². The highest BCUT2D eigenvalue weighted by Gasteiger charge is 2.14. The summed E-state index contributed by atoms with van der Waals surface area (Å²) in [7, 11) is 0. The molecule has 0 atom stereocenters. The molecule has 4 heteroatoms. The van der Waals surface area contributed by atoms with Crippen molar-refractivity contribution < 1.29 is 18.7 Å². The van der Waals surface area contributed by atoms with Gasteiger partial charge in [-0.15, -0.1) is 0 Å². The normalized spacial score (nSPS) is 10.2. The van der Waals surface area contributed by atoms with Gasteiger partial charge in [-0.2, -0.15) is 0 Å². The predicted molar refractivity (Wildman–Crippen MR) is 51.1 cm³/mol. The molecule has 0 saturated carbocycles. The highest BCUT2D eigenvalue weighted by molar-refractivity contribution is 5.92. The molecule has 0 aliphatic rings. The summed E-state index contributed by atoms with van der Waals surface area (Å²) in [6.45, 7) is 0. The molecule has 1 aromatic carbocycles. The summed E-state index contributed by atoms with van der Waals surface area (Å²) in [4.78, 5) is 10.8. The van der Waals surface area contributed by atoms with Crippen LogP contribution in [0.15, 0.2) is 41.0 Å². The summed E-state index contributed by atoms with van der Waals surface area (Å²) in [6, 6.07) is 7.10. The lowest BCUT2D eigenvalue weighted by molar-refractivity contribution is 0.0663. The van der Waals surface area contributed by atoms with Gasteiger partial charge in [-0.05, 0) is 23.8 Å². The van der Waals surface area contributed by atoms with Crippen molar-refractivity contribution in [2.75, 3.05) is 0 Å². The van der Waals surface area contributed by atoms with E-state index in [1.54, 1.807) is 0 Å². The van der Waals surface area contributed by atoms with Crippen LogP contribution in [0.3, 0.4) is 0 Å². The number of furan rings is 1. The van der Waals surface area contributed by atoms with E-state index < -0.39 is 5.97 Å². The van der Waals surface area contributed by atoms with Gasteiger partial charge in [-0.1, -0.05) is 12.1 Å². The van der Waals surface area contributed by atoms with E-state index in [0.29, 0.717) is 11.1 Å². The van der Waals surface area contributed by atoms with E-state index >= 15 is 0 Å². The van der Waals surface area contributed by atoms with Crippen LogP contribution in [0.2, 0.25) is 0 Å². The van der Waals surface area contributed by atoms with Crippen LogP contribution >= 0.6 is 0 Å². The third kappa shape index (κ3) is 1.74. The number of carbonyl (C=O) groups is 1. The van der Waals surface area contributed by atoms with Gasteiger partial charge in [0.2, 0.25) is 5.76 Å². The topological polar surface area (TPSA) is 50.4 Å². The number of aromatic carboxylic acids is 1. The lowest BCUT2D eigenvalue weighted by Gasteiger charge is -1.98. The average Bonchev–Trinajstić information content (AvgIpc) is 2.67. The van der Waals surface area contributed by atoms with E-state index in [4.69, 9.17) is 9.52 Å². The maximum atomic E-state index is 12.6. The number of benzene rings is 1. The maximum absolute atomic E-state index is 12.6. The highest BCUT2D eigenvalue weighted by atomic mass is 19.1. The maximum Gasteiger partial charge on any atom is 0.372 e. The summed E-state index contributed by atoms with van der Waals surface area (Å²) in [6.07, 6.45) is 1.29. The van der Waals surface area contributed by atoms with Gasteiger partial charge in [0.25, 0.3) is 0 Å². The summed E-state index contributed by atoms with van der Waals surface area (Å²) < 4.78 is 17.5. The first-order valence-electron chi connectivity index (χ1n) is 4.25. The summed E-state index contributed by atoms with van der Waals surface area (Å²) in [5.41, 5.74) is 1.06. The monoisotopic (exact) mass is 206 g/mol. The Hall–Kier alpha value is -2.10. The predicted octanol–water partition coefficient (Wildman–Crippen LogP) is 2.78. The van der Waals surface area contributed by atoms with Crippen LogP contribution in [0.5, 0.6) is 0 Å². The van der Waals surface area contributed by atoms with Crippen LogP contribution in [-0.2, 0) is 0 Å². The minimum atomic E-state index is -1.14. The van der Waals surface area contributed by atoms with E-state index in [1.807, 2.05) is 0 Å². The third-order valence-electron chi connectivity index (χ3n) is 2.01. The van der Waals surface area contributed by atoms with Crippen LogP contribution in [0, 0.1) is 5.82 Å². The lowest BCUT2D eigenvalue weighted by Crippen LogP contribution is -1.95. The van der Waals surface area contributed by atoms with E-state index in [9.17, 15) is 9.18 Å². The molecule has 15 heavy (non-hydrogen) atoms. The second kappa shape index (κ2) is 3.57. The molecule has 2 aromatic rings. The Balaban J connectivity index is 2.49. The van der Waals surface area contributed by atoms with Gasteiger partial charge in [0, 0.05) is 5.56 Å². The van der Waals surface area contributed by atoms with Crippen molar-refractivity contribution in [3.05, 3.63) is 48.2 Å². The highest BCUT2D eigenvalue weighted by Crippen LogP contribution is 2.24. The van der Waals surface area contributed by atoms with Gasteiger partial charge in [-0.3, -0.25) is 0 Å². The van der Waals surface area contributed by atoms with E-state index in [-0.39, 0.29) is 11.6 Å². The molecule has 0 bridgehead atoms. The van der Waals surface area contributed by atoms with Crippen molar-refractivity contribution >= 4 is 5.97 Å². The number of carboxylic acids is 1. The molecule has 76 valence electrons. The first kappa shape index (κ1) is 9.45. The summed E-state index contributed by atoms with van der Waals surface area (Å²) in [5.74, 6) is -1.64. The first-order valence-corrected chi connectivity index (χ1v) is 4.25. The molecular weight excluding hydrogens is 199 g/mol. The third-order valence-corrected chi connectivity index (χ3v) is 2.01. The fourth-order valence-corrected chi connectivity index (χ4v) is 1.33. The number of carboxylic acid groups (broad SMARTS) is 1. The van der Waals surface area contributed by atoms with Crippen LogP contribution in [0.25, 0.3) is 11.1 Å². The quantitative estimate of drug-likeness (QED) is 0.821. The lowest BCUT2D eigenvalue weighted by atomic mass is 10.1. The molecule has 0 aliphatic heterocycles. The standard InChI is InChI=1S/C11H7FO3/c12-8-3-1-7(2-4-8)9-5-6-15-10(9)11(13)14/h1-6H,(H,13,14). The number of hydrogen-bond acceptors (Lipinski definition) is 2. The zero-order valence-electron chi connectivity index (χ0n) is 7.61. The van der Waals surface area contributed by atoms with Gasteiger partial charge in [-0.25, -0.2) is 9.18 Å². The zero-order chi connectivity index (χ0) is 10.8. The average molecular weight is 206 g/mol. The van der Waals surface area contributed by atoms with Crippen LogP contribution < -0.4 is 0 Å². The zero-order valence-corrected chi connectivity index (χ0v) is 7.61. The van der Waals surface area contributed by atoms with E-state index in [2.05, 4.69) is 0 Å². The minimum Gasteiger partial charge on any atom is -0.475 e. The summed E-state index contributed by atoms with van der Waals surface area (Å²) >= 11 is 0. The van der Waals surface area contributed by atoms with E-state index in [1.165, 1.54) is 36.6 Å². The fourth-order valence-electron chi connectivity index (χ4n) is 1.33. The number of halogens is 1. The van der Waals surface area contributed by atoms with Gasteiger partial charge < -0.3 is 9.52 Å². The largest absolute Gasteiger partial charge is 0.475 e. The Morgan fingerprint density at radius 1 is 1.20 bits per heavy atom. The molecule has 0 saturated heterocycles. The van der Waals surface area contributed by atoms with Gasteiger partial charge in [0.1, 0.15) is 5.82 Å². The van der Waals surface area contributed by atoms with Crippen molar-refractivity contribution in [1.29, 1.82) is 0 Å². The molecular formula is C11H7FO3. The molecule has 0 unspecified atom stereocenters. The van der Waals surface area contributed by atoms with Crippen LogP contribution in [0.1, 0.15) is 10.6 Å². The molecule has 2 rings (SSSR count). The smallest absolute Gasteiger partial charge is 0.372 e. The molecule has 0 spiro atoms. The Morgan fingerprint density at radius 2 is 1.87 bits per heavy atom. The van der Waals surface area contributed by atoms with Crippen molar-refractivity contribution in [2.45, 2.75) is 0 Å². The minimum absolute atomic E-state index is 0.137. The van der Waals surface area contributed by atoms with Crippen LogP contribution in [-0.4, -0.2) is 11.1 Å². The molecule has 3 nitrogen and oxygen atoms in total. The molecule has 0 fully saturated rings. The Labute approximate surface area is 84.8 Å². The molecule has 0 aliphatic carbocycles. The van der Waals surface area contributed by atoms with Crippen molar-refractivity contribution in [3.63, 3.8) is 0 Å². The van der Waals surface area contributed by atoms with Crippen molar-refractivity contribution in [1.82, 2.24) is 0 Å².